The van der Waals surface area contributed by atoms with Crippen molar-refractivity contribution in [3.05, 3.63) is 12.3 Å². The van der Waals surface area contributed by atoms with Crippen LogP contribution in [0.25, 0.3) is 0 Å². The molecule has 48 valence electrons. The summed E-state index contributed by atoms with van der Waals surface area (Å²) in [5, 5.41) is 1.37. The minimum atomic E-state index is 0.792. The zero-order valence-electron chi connectivity index (χ0n) is 5.21. The van der Waals surface area contributed by atoms with Gasteiger partial charge in [0.2, 0.25) is 0 Å². The number of nitrogens with zero attached hydrogens (tertiary/aromatic N) is 1. The van der Waals surface area contributed by atoms with Crippen molar-refractivity contribution in [3.63, 3.8) is 0 Å². The number of hydrogen-bond donors (Lipinski definition) is 0. The van der Waals surface area contributed by atoms with Gasteiger partial charge in [-0.3, -0.25) is 4.99 Å². The Balaban J connectivity index is 2.23. The van der Waals surface area contributed by atoms with Crippen LogP contribution in [-0.4, -0.2) is 10.8 Å². The van der Waals surface area contributed by atoms with Crippen LogP contribution in [0.5, 0.6) is 0 Å². The third-order valence-electron chi connectivity index (χ3n) is 1.79. The summed E-state index contributed by atoms with van der Waals surface area (Å²) in [5.74, 6) is 2.07. The van der Waals surface area contributed by atoms with Gasteiger partial charge in [0.15, 0.2) is 0 Å². The fraction of sp³-hybridized carbons (Fsp3) is 0.571. The lowest BCUT2D eigenvalue weighted by atomic mass is 10.0. The Labute approximate surface area is 59.2 Å². The van der Waals surface area contributed by atoms with E-state index in [0.717, 1.165) is 5.92 Å². The summed E-state index contributed by atoms with van der Waals surface area (Å²) in [4.78, 5) is 4.29. The van der Waals surface area contributed by atoms with E-state index in [1.807, 2.05) is 18.0 Å². The molecule has 0 aromatic carbocycles. The van der Waals surface area contributed by atoms with Gasteiger partial charge in [-0.1, -0.05) is 6.08 Å². The molecule has 0 aliphatic carbocycles. The molecule has 0 amide bonds. The second-order valence-electron chi connectivity index (χ2n) is 2.42. The predicted octanol–water partition coefficient (Wildman–Crippen LogP) is 2.06. The maximum atomic E-state index is 4.29. The van der Waals surface area contributed by atoms with Crippen LogP contribution in [-0.2, 0) is 0 Å². The summed E-state index contributed by atoms with van der Waals surface area (Å²) in [7, 11) is 0. The fourth-order valence-electron chi connectivity index (χ4n) is 1.26. The summed E-state index contributed by atoms with van der Waals surface area (Å²) in [5.41, 5.74) is 0. The van der Waals surface area contributed by atoms with Crippen LogP contribution < -0.4 is 0 Å². The molecule has 2 heteroatoms. The predicted molar refractivity (Wildman–Crippen MR) is 41.8 cm³/mol. The molecule has 2 heterocycles. The molecule has 0 spiro atoms. The van der Waals surface area contributed by atoms with Gasteiger partial charge in [0.1, 0.15) is 0 Å². The quantitative estimate of drug-likeness (QED) is 0.500. The molecule has 2 aliphatic rings. The highest BCUT2D eigenvalue weighted by Crippen LogP contribution is 2.31. The minimum absolute atomic E-state index is 0.792. The third kappa shape index (κ3) is 0.917. The van der Waals surface area contributed by atoms with Gasteiger partial charge in [0.25, 0.3) is 0 Å². The molecule has 1 saturated heterocycles. The topological polar surface area (TPSA) is 12.4 Å². The van der Waals surface area contributed by atoms with Crippen molar-refractivity contribution in [2.24, 2.45) is 10.9 Å². The average molecular weight is 139 g/mol. The molecule has 1 fully saturated rings. The summed E-state index contributed by atoms with van der Waals surface area (Å²) in [6, 6.07) is 0. The van der Waals surface area contributed by atoms with Crippen LogP contribution in [0.2, 0.25) is 0 Å². The van der Waals surface area contributed by atoms with Gasteiger partial charge < -0.3 is 0 Å². The maximum absolute atomic E-state index is 4.29. The highest BCUT2D eigenvalue weighted by molar-refractivity contribution is 8.14. The lowest BCUT2D eigenvalue weighted by Crippen LogP contribution is -2.05. The number of thioether (sulfide) groups is 1. The van der Waals surface area contributed by atoms with E-state index in [-0.39, 0.29) is 0 Å². The molecule has 1 atom stereocenters. The van der Waals surface area contributed by atoms with Crippen molar-refractivity contribution < 1.29 is 0 Å². The highest BCUT2D eigenvalue weighted by atomic mass is 32.2. The molecule has 0 aromatic rings. The van der Waals surface area contributed by atoms with Crippen molar-refractivity contribution in [2.75, 3.05) is 5.75 Å². The molecule has 2 rings (SSSR count). The molecule has 0 saturated carbocycles. The molecule has 9 heavy (non-hydrogen) atoms. The molecule has 0 radical (unpaired) electrons. The Morgan fingerprint density at radius 3 is 3.56 bits per heavy atom. The number of rotatable bonds is 0. The lowest BCUT2D eigenvalue weighted by molar-refractivity contribution is 0.698. The second-order valence-corrected chi connectivity index (χ2v) is 3.54. The standard InChI is InChI=1S/C7H9NS/c1-2-6-3-5-9-7(6)8-4-1/h1,4,6H,2-3,5H2. The summed E-state index contributed by atoms with van der Waals surface area (Å²) in [6.07, 6.45) is 6.67. The first-order chi connectivity index (χ1) is 4.47. The van der Waals surface area contributed by atoms with Crippen molar-refractivity contribution in [1.29, 1.82) is 0 Å². The number of aliphatic imine (C=N–C) groups is 1. The van der Waals surface area contributed by atoms with Gasteiger partial charge in [0, 0.05) is 12.1 Å². The third-order valence-corrected chi connectivity index (χ3v) is 2.97. The summed E-state index contributed by atoms with van der Waals surface area (Å²) in [6.45, 7) is 0. The van der Waals surface area contributed by atoms with Crippen molar-refractivity contribution in [2.45, 2.75) is 12.8 Å². The van der Waals surface area contributed by atoms with Gasteiger partial charge in [-0.15, -0.1) is 11.8 Å². The summed E-state index contributed by atoms with van der Waals surface area (Å²) >= 11 is 1.93. The number of fused-ring (bicyclic) bond motifs is 1. The largest absolute Gasteiger partial charge is 0.254 e. The van der Waals surface area contributed by atoms with E-state index in [1.165, 1.54) is 23.6 Å². The van der Waals surface area contributed by atoms with E-state index in [9.17, 15) is 0 Å². The van der Waals surface area contributed by atoms with E-state index in [4.69, 9.17) is 0 Å². The molecule has 0 bridgehead atoms. The van der Waals surface area contributed by atoms with E-state index < -0.39 is 0 Å². The van der Waals surface area contributed by atoms with Crippen LogP contribution in [0.15, 0.2) is 17.3 Å². The van der Waals surface area contributed by atoms with Crippen LogP contribution in [0.4, 0.5) is 0 Å². The molecule has 2 aliphatic heterocycles. The van der Waals surface area contributed by atoms with E-state index >= 15 is 0 Å². The Morgan fingerprint density at radius 2 is 2.67 bits per heavy atom. The van der Waals surface area contributed by atoms with Gasteiger partial charge >= 0.3 is 0 Å². The number of hydrogen-bond acceptors (Lipinski definition) is 2. The van der Waals surface area contributed by atoms with E-state index in [0.29, 0.717) is 0 Å². The highest BCUT2D eigenvalue weighted by Gasteiger charge is 2.22. The first kappa shape index (κ1) is 5.54. The van der Waals surface area contributed by atoms with Gasteiger partial charge in [-0.05, 0) is 18.6 Å². The molecular weight excluding hydrogens is 130 g/mol. The normalized spacial score (nSPS) is 32.0. The Hall–Kier alpha value is -0.240. The molecule has 1 unspecified atom stereocenters. The Bertz CT molecular complexity index is 172. The average Bonchev–Trinajstić information content (AvgIpc) is 2.33. The maximum Gasteiger partial charge on any atom is 0.0765 e. The van der Waals surface area contributed by atoms with Crippen LogP contribution in [0.3, 0.4) is 0 Å². The van der Waals surface area contributed by atoms with Gasteiger partial charge in [-0.2, -0.15) is 0 Å². The molecular formula is C7H9NS. The molecule has 0 N–H and O–H groups in total. The van der Waals surface area contributed by atoms with Crippen LogP contribution in [0.1, 0.15) is 12.8 Å². The van der Waals surface area contributed by atoms with Gasteiger partial charge in [0.05, 0.1) is 5.04 Å². The van der Waals surface area contributed by atoms with Gasteiger partial charge in [-0.25, -0.2) is 0 Å². The first-order valence-corrected chi connectivity index (χ1v) is 4.31. The van der Waals surface area contributed by atoms with Crippen molar-refractivity contribution in [3.8, 4) is 0 Å². The SMILES string of the molecule is C1=CN=C2SCCC2C1. The zero-order valence-corrected chi connectivity index (χ0v) is 6.03. The fourth-order valence-corrected chi connectivity index (χ4v) is 2.46. The smallest absolute Gasteiger partial charge is 0.0765 e. The zero-order chi connectivity index (χ0) is 6.10. The van der Waals surface area contributed by atoms with Crippen LogP contribution in [0, 0.1) is 5.92 Å². The van der Waals surface area contributed by atoms with Crippen LogP contribution >= 0.6 is 11.8 Å². The monoisotopic (exact) mass is 139 g/mol. The lowest BCUT2D eigenvalue weighted by Gasteiger charge is -2.08. The minimum Gasteiger partial charge on any atom is -0.254 e. The molecule has 0 aromatic heterocycles. The Kier molecular flexibility index (Phi) is 1.34. The van der Waals surface area contributed by atoms with Crippen molar-refractivity contribution >= 4 is 16.8 Å². The van der Waals surface area contributed by atoms with Crippen molar-refractivity contribution in [1.82, 2.24) is 0 Å². The van der Waals surface area contributed by atoms with E-state index in [1.54, 1.807) is 0 Å². The molecule has 1 nitrogen and oxygen atoms in total. The summed E-state index contributed by atoms with van der Waals surface area (Å²) < 4.78 is 0. The Morgan fingerprint density at radius 1 is 1.67 bits per heavy atom. The first-order valence-electron chi connectivity index (χ1n) is 3.32. The second kappa shape index (κ2) is 2.18. The number of allylic oxidation sites excluding steroid dienone is 1. The van der Waals surface area contributed by atoms with E-state index in [2.05, 4.69) is 11.1 Å².